The van der Waals surface area contributed by atoms with Crippen LogP contribution in [0.5, 0.6) is 11.5 Å². The number of carbonyl (C=O) groups excluding carboxylic acids is 1. The molecule has 1 amide bonds. The van der Waals surface area contributed by atoms with E-state index in [1.165, 1.54) is 0 Å². The summed E-state index contributed by atoms with van der Waals surface area (Å²) in [5.74, 6) is 1.70. The van der Waals surface area contributed by atoms with Gasteiger partial charge in [-0.2, -0.15) is 0 Å². The van der Waals surface area contributed by atoms with Crippen LogP contribution in [0.25, 0.3) is 0 Å². The van der Waals surface area contributed by atoms with Crippen molar-refractivity contribution in [3.8, 4) is 11.5 Å². The zero-order valence-corrected chi connectivity index (χ0v) is 11.2. The maximum absolute atomic E-state index is 12.4. The molecule has 5 heteroatoms. The highest BCUT2D eigenvalue weighted by molar-refractivity contribution is 5.82. The summed E-state index contributed by atoms with van der Waals surface area (Å²) in [6.45, 7) is 1.80. The molecule has 0 unspecified atom stereocenters. The predicted molar refractivity (Wildman–Crippen MR) is 70.6 cm³/mol. The molecule has 106 valence electrons. The molecule has 0 spiro atoms. The standard InChI is InChI=1S/C15H17NO4/c17-15(13-5-7-18-13)16-6-1-2-11(16)10-3-4-12-14(8-10)20-9-19-12/h3-4,8,11,13H,1-2,5-7,9H2/t11-,13-/m0/s1. The van der Waals surface area contributed by atoms with Gasteiger partial charge < -0.3 is 19.1 Å². The van der Waals surface area contributed by atoms with Gasteiger partial charge in [-0.15, -0.1) is 0 Å². The van der Waals surface area contributed by atoms with Crippen LogP contribution < -0.4 is 9.47 Å². The maximum atomic E-state index is 12.4. The fourth-order valence-corrected chi connectivity index (χ4v) is 3.11. The van der Waals surface area contributed by atoms with Crippen molar-refractivity contribution in [3.05, 3.63) is 23.8 Å². The smallest absolute Gasteiger partial charge is 0.252 e. The molecular weight excluding hydrogens is 258 g/mol. The van der Waals surface area contributed by atoms with Gasteiger partial charge in [0.1, 0.15) is 6.10 Å². The Morgan fingerprint density at radius 2 is 2.05 bits per heavy atom. The van der Waals surface area contributed by atoms with Crippen LogP contribution in [0, 0.1) is 0 Å². The first-order valence-corrected chi connectivity index (χ1v) is 7.14. The molecule has 1 aromatic rings. The molecular formula is C15H17NO4. The average Bonchev–Trinajstić information content (AvgIpc) is 3.04. The second-order valence-electron chi connectivity index (χ2n) is 5.45. The monoisotopic (exact) mass is 275 g/mol. The molecule has 5 nitrogen and oxygen atoms in total. The van der Waals surface area contributed by atoms with Gasteiger partial charge in [-0.05, 0) is 30.5 Å². The van der Waals surface area contributed by atoms with Crippen molar-refractivity contribution >= 4 is 5.91 Å². The average molecular weight is 275 g/mol. The molecule has 3 aliphatic rings. The summed E-state index contributed by atoms with van der Waals surface area (Å²) >= 11 is 0. The number of hydrogen-bond acceptors (Lipinski definition) is 4. The molecule has 0 aliphatic carbocycles. The third-order valence-corrected chi connectivity index (χ3v) is 4.29. The number of amides is 1. The Morgan fingerprint density at radius 3 is 2.85 bits per heavy atom. The SMILES string of the molecule is O=C([C@@H]1CCO1)N1CCC[C@H]1c1ccc2c(c1)OCO2. The number of carbonyl (C=O) groups is 1. The predicted octanol–water partition coefficient (Wildman–Crippen LogP) is 1.87. The minimum atomic E-state index is -0.218. The summed E-state index contributed by atoms with van der Waals surface area (Å²) in [7, 11) is 0. The van der Waals surface area contributed by atoms with E-state index >= 15 is 0 Å². The third kappa shape index (κ3) is 1.85. The van der Waals surface area contributed by atoms with Gasteiger partial charge in [0.05, 0.1) is 12.6 Å². The second-order valence-corrected chi connectivity index (χ2v) is 5.45. The minimum absolute atomic E-state index is 0.136. The molecule has 3 heterocycles. The molecule has 2 saturated heterocycles. The number of fused-ring (bicyclic) bond motifs is 1. The van der Waals surface area contributed by atoms with Crippen LogP contribution >= 0.6 is 0 Å². The first kappa shape index (κ1) is 12.0. The fraction of sp³-hybridized carbons (Fsp3) is 0.533. The Bertz CT molecular complexity index is 541. The van der Waals surface area contributed by atoms with Gasteiger partial charge in [-0.1, -0.05) is 6.07 Å². The van der Waals surface area contributed by atoms with E-state index in [0.717, 1.165) is 42.9 Å². The van der Waals surface area contributed by atoms with E-state index in [2.05, 4.69) is 0 Å². The van der Waals surface area contributed by atoms with E-state index in [1.807, 2.05) is 23.1 Å². The van der Waals surface area contributed by atoms with Crippen molar-refractivity contribution in [1.29, 1.82) is 0 Å². The fourth-order valence-electron chi connectivity index (χ4n) is 3.11. The van der Waals surface area contributed by atoms with Gasteiger partial charge in [0.15, 0.2) is 11.5 Å². The highest BCUT2D eigenvalue weighted by Gasteiger charge is 2.37. The minimum Gasteiger partial charge on any atom is -0.454 e. The molecule has 3 aliphatic heterocycles. The second kappa shape index (κ2) is 4.66. The molecule has 0 N–H and O–H groups in total. The lowest BCUT2D eigenvalue weighted by atomic mass is 10.0. The highest BCUT2D eigenvalue weighted by atomic mass is 16.7. The lowest BCUT2D eigenvalue weighted by Crippen LogP contribution is -2.45. The van der Waals surface area contributed by atoms with Crippen molar-refractivity contribution in [1.82, 2.24) is 4.90 Å². The lowest BCUT2D eigenvalue weighted by molar-refractivity contribution is -0.157. The van der Waals surface area contributed by atoms with Gasteiger partial charge in [0.2, 0.25) is 6.79 Å². The van der Waals surface area contributed by atoms with Gasteiger partial charge in [-0.3, -0.25) is 4.79 Å². The van der Waals surface area contributed by atoms with Crippen LogP contribution in [0.4, 0.5) is 0 Å². The summed E-state index contributed by atoms with van der Waals surface area (Å²) in [5, 5.41) is 0. The Hall–Kier alpha value is -1.75. The number of rotatable bonds is 2. The molecule has 2 fully saturated rings. The molecule has 20 heavy (non-hydrogen) atoms. The van der Waals surface area contributed by atoms with Crippen molar-refractivity contribution in [2.45, 2.75) is 31.4 Å². The van der Waals surface area contributed by atoms with E-state index in [0.29, 0.717) is 6.61 Å². The van der Waals surface area contributed by atoms with Crippen LogP contribution in [0.3, 0.4) is 0 Å². The quantitative estimate of drug-likeness (QED) is 0.826. The molecule has 0 aromatic heterocycles. The highest BCUT2D eigenvalue weighted by Crippen LogP contribution is 2.39. The molecule has 1 aromatic carbocycles. The summed E-state index contributed by atoms with van der Waals surface area (Å²) in [6.07, 6.45) is 2.67. The summed E-state index contributed by atoms with van der Waals surface area (Å²) in [4.78, 5) is 14.3. The van der Waals surface area contributed by atoms with Crippen LogP contribution in [-0.2, 0) is 9.53 Å². The van der Waals surface area contributed by atoms with E-state index in [9.17, 15) is 4.79 Å². The van der Waals surface area contributed by atoms with Gasteiger partial charge in [0.25, 0.3) is 5.91 Å². The van der Waals surface area contributed by atoms with E-state index in [4.69, 9.17) is 14.2 Å². The lowest BCUT2D eigenvalue weighted by Gasteiger charge is -2.33. The van der Waals surface area contributed by atoms with Crippen LogP contribution in [0.1, 0.15) is 30.9 Å². The Kier molecular flexibility index (Phi) is 2.80. The van der Waals surface area contributed by atoms with Gasteiger partial charge in [0, 0.05) is 13.0 Å². The number of likely N-dealkylation sites (tertiary alicyclic amines) is 1. The summed E-state index contributed by atoms with van der Waals surface area (Å²) in [5.41, 5.74) is 1.12. The van der Waals surface area contributed by atoms with Gasteiger partial charge >= 0.3 is 0 Å². The number of nitrogens with zero attached hydrogens (tertiary/aromatic N) is 1. The number of benzene rings is 1. The third-order valence-electron chi connectivity index (χ3n) is 4.29. The first-order valence-electron chi connectivity index (χ1n) is 7.14. The van der Waals surface area contributed by atoms with E-state index < -0.39 is 0 Å². The van der Waals surface area contributed by atoms with Crippen LogP contribution in [0.15, 0.2) is 18.2 Å². The number of ether oxygens (including phenoxy) is 3. The molecule has 0 bridgehead atoms. The molecule has 2 atom stereocenters. The van der Waals surface area contributed by atoms with Crippen LogP contribution in [0.2, 0.25) is 0 Å². The van der Waals surface area contributed by atoms with Crippen molar-refractivity contribution < 1.29 is 19.0 Å². The molecule has 4 rings (SSSR count). The summed E-state index contributed by atoms with van der Waals surface area (Å²) in [6, 6.07) is 6.10. The Labute approximate surface area is 117 Å². The number of hydrogen-bond donors (Lipinski definition) is 0. The van der Waals surface area contributed by atoms with E-state index in [-0.39, 0.29) is 24.8 Å². The topological polar surface area (TPSA) is 48.0 Å². The largest absolute Gasteiger partial charge is 0.454 e. The summed E-state index contributed by atoms with van der Waals surface area (Å²) < 4.78 is 16.1. The van der Waals surface area contributed by atoms with Crippen molar-refractivity contribution in [2.75, 3.05) is 19.9 Å². The zero-order chi connectivity index (χ0) is 13.5. The van der Waals surface area contributed by atoms with Crippen LogP contribution in [-0.4, -0.2) is 36.9 Å². The maximum Gasteiger partial charge on any atom is 0.252 e. The Morgan fingerprint density at radius 1 is 1.20 bits per heavy atom. The molecule has 0 radical (unpaired) electrons. The van der Waals surface area contributed by atoms with E-state index in [1.54, 1.807) is 0 Å². The first-order chi connectivity index (χ1) is 9.83. The normalized spacial score (nSPS) is 27.5. The van der Waals surface area contributed by atoms with Crippen molar-refractivity contribution in [3.63, 3.8) is 0 Å². The van der Waals surface area contributed by atoms with Crippen molar-refractivity contribution in [2.24, 2.45) is 0 Å². The molecule has 0 saturated carbocycles. The zero-order valence-electron chi connectivity index (χ0n) is 11.2. The van der Waals surface area contributed by atoms with Gasteiger partial charge in [-0.25, -0.2) is 0 Å². The Balaban J connectivity index is 1.58.